The first-order chi connectivity index (χ1) is 9.88. The number of nitrogens with two attached hydrogens (primary N) is 1. The summed E-state index contributed by atoms with van der Waals surface area (Å²) in [6, 6.07) is 9.95. The Hall–Kier alpha value is -1.91. The Morgan fingerprint density at radius 2 is 1.95 bits per heavy atom. The molecule has 110 valence electrons. The Morgan fingerprint density at radius 1 is 1.24 bits per heavy atom. The fourth-order valence-electron chi connectivity index (χ4n) is 2.03. The smallest absolute Gasteiger partial charge is 0.335 e. The average molecular weight is 325 g/mol. The van der Waals surface area contributed by atoms with Crippen molar-refractivity contribution < 1.29 is 9.90 Å². The monoisotopic (exact) mass is 324 g/mol. The number of carboxylic acids is 1. The molecule has 0 saturated heterocycles. The van der Waals surface area contributed by atoms with E-state index in [0.717, 1.165) is 11.3 Å². The highest BCUT2D eigenvalue weighted by atomic mass is 35.5. The molecular weight excluding hydrogens is 311 g/mol. The first kappa shape index (κ1) is 15.5. The van der Waals surface area contributed by atoms with Crippen LogP contribution in [0.1, 0.15) is 15.9 Å². The molecule has 0 radical (unpaired) electrons. The summed E-state index contributed by atoms with van der Waals surface area (Å²) in [6.07, 6.45) is 0. The van der Waals surface area contributed by atoms with Crippen LogP contribution in [0.15, 0.2) is 36.4 Å². The number of rotatable bonds is 4. The lowest BCUT2D eigenvalue weighted by atomic mass is 10.1. The summed E-state index contributed by atoms with van der Waals surface area (Å²) in [6.45, 7) is 0.534. The van der Waals surface area contributed by atoms with Crippen molar-refractivity contribution in [2.24, 2.45) is 0 Å². The van der Waals surface area contributed by atoms with Crippen molar-refractivity contribution >= 4 is 40.5 Å². The van der Waals surface area contributed by atoms with Gasteiger partial charge in [-0.1, -0.05) is 29.3 Å². The van der Waals surface area contributed by atoms with Crippen molar-refractivity contribution in [2.45, 2.75) is 6.54 Å². The van der Waals surface area contributed by atoms with E-state index in [1.54, 1.807) is 18.2 Å². The fourth-order valence-corrected chi connectivity index (χ4v) is 2.49. The summed E-state index contributed by atoms with van der Waals surface area (Å²) in [5.41, 5.74) is 8.13. The van der Waals surface area contributed by atoms with Crippen LogP contribution >= 0.6 is 23.2 Å². The maximum absolute atomic E-state index is 10.9. The molecule has 6 heteroatoms. The molecule has 0 aliphatic heterocycles. The molecule has 0 fully saturated rings. The summed E-state index contributed by atoms with van der Waals surface area (Å²) in [7, 11) is 1.86. The van der Waals surface area contributed by atoms with Crippen LogP contribution in [0.5, 0.6) is 0 Å². The van der Waals surface area contributed by atoms with Gasteiger partial charge in [-0.2, -0.15) is 0 Å². The van der Waals surface area contributed by atoms with Gasteiger partial charge in [0.15, 0.2) is 0 Å². The minimum atomic E-state index is -1.00. The molecule has 2 rings (SSSR count). The normalized spacial score (nSPS) is 10.4. The van der Waals surface area contributed by atoms with Gasteiger partial charge in [0.25, 0.3) is 0 Å². The summed E-state index contributed by atoms with van der Waals surface area (Å²) in [5, 5.41) is 10.1. The van der Waals surface area contributed by atoms with E-state index in [0.29, 0.717) is 22.3 Å². The van der Waals surface area contributed by atoms with Gasteiger partial charge in [-0.25, -0.2) is 4.79 Å². The highest BCUT2D eigenvalue weighted by molar-refractivity contribution is 6.35. The van der Waals surface area contributed by atoms with E-state index in [4.69, 9.17) is 34.0 Å². The lowest BCUT2D eigenvalue weighted by molar-refractivity contribution is 0.0697. The molecule has 2 aromatic carbocycles. The van der Waals surface area contributed by atoms with Crippen LogP contribution in [0.3, 0.4) is 0 Å². The second kappa shape index (κ2) is 6.24. The predicted octanol–water partition coefficient (Wildman–Crippen LogP) is 3.91. The van der Waals surface area contributed by atoms with Gasteiger partial charge in [0.05, 0.1) is 16.9 Å². The Morgan fingerprint density at radius 3 is 2.52 bits per heavy atom. The lowest BCUT2D eigenvalue weighted by Gasteiger charge is -2.22. The van der Waals surface area contributed by atoms with Crippen LogP contribution in [0.4, 0.5) is 11.4 Å². The molecule has 0 atom stereocenters. The van der Waals surface area contributed by atoms with Crippen LogP contribution < -0.4 is 10.6 Å². The highest BCUT2D eigenvalue weighted by Gasteiger charge is 2.11. The van der Waals surface area contributed by atoms with E-state index in [1.165, 1.54) is 12.1 Å². The third-order valence-electron chi connectivity index (χ3n) is 3.11. The van der Waals surface area contributed by atoms with Gasteiger partial charge in [-0.3, -0.25) is 0 Å². The number of nitrogens with zero attached hydrogens (tertiary/aromatic N) is 1. The molecule has 0 saturated carbocycles. The number of aromatic carboxylic acids is 1. The number of carboxylic acid groups (broad SMARTS) is 1. The number of halogens is 2. The zero-order chi connectivity index (χ0) is 15.6. The van der Waals surface area contributed by atoms with Gasteiger partial charge < -0.3 is 15.7 Å². The van der Waals surface area contributed by atoms with E-state index in [-0.39, 0.29) is 5.56 Å². The Labute approximate surface area is 132 Å². The number of anilines is 2. The molecule has 0 spiro atoms. The zero-order valence-corrected chi connectivity index (χ0v) is 12.8. The third kappa shape index (κ3) is 3.60. The van der Waals surface area contributed by atoms with Crippen LogP contribution in [-0.4, -0.2) is 18.1 Å². The van der Waals surface area contributed by atoms with Crippen LogP contribution in [0, 0.1) is 0 Å². The van der Waals surface area contributed by atoms with Gasteiger partial charge in [0, 0.05) is 23.6 Å². The predicted molar refractivity (Wildman–Crippen MR) is 86.4 cm³/mol. The van der Waals surface area contributed by atoms with Crippen molar-refractivity contribution in [3.05, 3.63) is 57.6 Å². The summed E-state index contributed by atoms with van der Waals surface area (Å²) in [5.74, 6) is -1.00. The quantitative estimate of drug-likeness (QED) is 0.837. The van der Waals surface area contributed by atoms with E-state index < -0.39 is 5.97 Å². The van der Waals surface area contributed by atoms with Crippen molar-refractivity contribution in [1.29, 1.82) is 0 Å². The molecule has 0 bridgehead atoms. The summed E-state index contributed by atoms with van der Waals surface area (Å²) in [4.78, 5) is 12.8. The molecule has 0 unspecified atom stereocenters. The summed E-state index contributed by atoms with van der Waals surface area (Å²) < 4.78 is 0. The molecule has 3 N–H and O–H groups in total. The molecule has 0 amide bonds. The Kier molecular flexibility index (Phi) is 4.60. The van der Waals surface area contributed by atoms with Crippen molar-refractivity contribution in [2.75, 3.05) is 17.7 Å². The Bertz CT molecular complexity index is 689. The first-order valence-electron chi connectivity index (χ1n) is 6.16. The third-order valence-corrected chi connectivity index (χ3v) is 3.70. The van der Waals surface area contributed by atoms with Gasteiger partial charge >= 0.3 is 5.97 Å². The fraction of sp³-hybridized carbons (Fsp3) is 0.133. The van der Waals surface area contributed by atoms with Gasteiger partial charge in [0.1, 0.15) is 0 Å². The maximum atomic E-state index is 10.9. The molecule has 4 nitrogen and oxygen atoms in total. The topological polar surface area (TPSA) is 66.6 Å². The molecule has 21 heavy (non-hydrogen) atoms. The lowest BCUT2D eigenvalue weighted by Crippen LogP contribution is -2.18. The minimum absolute atomic E-state index is 0.161. The van der Waals surface area contributed by atoms with E-state index in [9.17, 15) is 4.79 Å². The standard InChI is InChI=1S/C15H14Cl2N2O2/c1-19(8-10-2-4-11(16)7-12(10)17)14-5-3-9(15(20)21)6-13(14)18/h2-7H,8,18H2,1H3,(H,20,21). The number of hydrogen-bond donors (Lipinski definition) is 2. The first-order valence-corrected chi connectivity index (χ1v) is 6.92. The molecule has 0 heterocycles. The minimum Gasteiger partial charge on any atom is -0.478 e. The molecule has 2 aromatic rings. The Balaban J connectivity index is 2.24. The van der Waals surface area contributed by atoms with E-state index in [2.05, 4.69) is 0 Å². The van der Waals surface area contributed by atoms with Gasteiger partial charge in [-0.15, -0.1) is 0 Å². The van der Waals surface area contributed by atoms with E-state index >= 15 is 0 Å². The molecule has 0 aliphatic rings. The van der Waals surface area contributed by atoms with E-state index in [1.807, 2.05) is 18.0 Å². The second-order valence-corrected chi connectivity index (χ2v) is 5.51. The van der Waals surface area contributed by atoms with Gasteiger partial charge in [0.2, 0.25) is 0 Å². The average Bonchev–Trinajstić information content (AvgIpc) is 2.41. The van der Waals surface area contributed by atoms with Crippen molar-refractivity contribution in [1.82, 2.24) is 0 Å². The molecule has 0 aliphatic carbocycles. The zero-order valence-electron chi connectivity index (χ0n) is 11.3. The SMILES string of the molecule is CN(Cc1ccc(Cl)cc1Cl)c1ccc(C(=O)O)cc1N. The molecular formula is C15H14Cl2N2O2. The largest absolute Gasteiger partial charge is 0.478 e. The number of nitrogen functional groups attached to an aromatic ring is 1. The summed E-state index contributed by atoms with van der Waals surface area (Å²) >= 11 is 12.0. The van der Waals surface area contributed by atoms with Crippen LogP contribution in [0.25, 0.3) is 0 Å². The number of hydrogen-bond acceptors (Lipinski definition) is 3. The van der Waals surface area contributed by atoms with Crippen molar-refractivity contribution in [3.8, 4) is 0 Å². The highest BCUT2D eigenvalue weighted by Crippen LogP contribution is 2.27. The van der Waals surface area contributed by atoms with Gasteiger partial charge in [-0.05, 0) is 35.9 Å². The van der Waals surface area contributed by atoms with Crippen LogP contribution in [0.2, 0.25) is 10.0 Å². The number of carbonyl (C=O) groups is 1. The second-order valence-electron chi connectivity index (χ2n) is 4.67. The maximum Gasteiger partial charge on any atom is 0.335 e. The van der Waals surface area contributed by atoms with Crippen LogP contribution in [-0.2, 0) is 6.54 Å². The van der Waals surface area contributed by atoms with Crippen molar-refractivity contribution in [3.63, 3.8) is 0 Å². The number of benzene rings is 2. The molecule has 0 aromatic heterocycles.